The second-order valence-electron chi connectivity index (χ2n) is 2.64. The van der Waals surface area contributed by atoms with Crippen LogP contribution < -0.4 is 0 Å². The van der Waals surface area contributed by atoms with E-state index in [1.165, 1.54) is 6.07 Å². The molecular weight excluding hydrogens is 312 g/mol. The van der Waals surface area contributed by atoms with Crippen LogP contribution >= 0.6 is 22.6 Å². The molecule has 15 heavy (non-hydrogen) atoms. The molecule has 0 bridgehead atoms. The quantitative estimate of drug-likeness (QED) is 0.622. The lowest BCUT2D eigenvalue weighted by molar-refractivity contribution is 0.0521. The molecular formula is C10H7FINO2. The maximum Gasteiger partial charge on any atom is 0.341 e. The van der Waals surface area contributed by atoms with Gasteiger partial charge in [-0.1, -0.05) is 0 Å². The molecule has 1 aromatic rings. The van der Waals surface area contributed by atoms with Crippen LogP contribution in [0.3, 0.4) is 0 Å². The smallest absolute Gasteiger partial charge is 0.341 e. The molecule has 78 valence electrons. The van der Waals surface area contributed by atoms with Gasteiger partial charge in [0.05, 0.1) is 17.7 Å². The van der Waals surface area contributed by atoms with Crippen LogP contribution in [0.25, 0.3) is 0 Å². The van der Waals surface area contributed by atoms with E-state index in [0.717, 1.165) is 6.07 Å². The van der Waals surface area contributed by atoms with E-state index >= 15 is 0 Å². The second kappa shape index (κ2) is 5.07. The molecule has 0 atom stereocenters. The van der Waals surface area contributed by atoms with Gasteiger partial charge in [0.2, 0.25) is 0 Å². The number of ether oxygens (including phenoxy) is 1. The highest BCUT2D eigenvalue weighted by Crippen LogP contribution is 2.18. The van der Waals surface area contributed by atoms with Crippen molar-refractivity contribution in [1.82, 2.24) is 0 Å². The summed E-state index contributed by atoms with van der Waals surface area (Å²) < 4.78 is 18.5. The molecule has 0 heterocycles. The van der Waals surface area contributed by atoms with Crippen LogP contribution in [0.1, 0.15) is 22.8 Å². The van der Waals surface area contributed by atoms with E-state index in [4.69, 9.17) is 5.26 Å². The van der Waals surface area contributed by atoms with Gasteiger partial charge in [0.15, 0.2) is 0 Å². The third kappa shape index (κ3) is 2.65. The molecule has 5 heteroatoms. The minimum Gasteiger partial charge on any atom is -0.462 e. The lowest BCUT2D eigenvalue weighted by Gasteiger charge is -2.04. The Balaban J connectivity index is 3.17. The van der Waals surface area contributed by atoms with Gasteiger partial charge >= 0.3 is 5.97 Å². The molecule has 0 amide bonds. The summed E-state index contributed by atoms with van der Waals surface area (Å²) in [6.07, 6.45) is 0. The summed E-state index contributed by atoms with van der Waals surface area (Å²) in [4.78, 5) is 11.3. The van der Waals surface area contributed by atoms with Crippen LogP contribution in [-0.4, -0.2) is 12.6 Å². The number of benzene rings is 1. The fourth-order valence-corrected chi connectivity index (χ4v) is 1.59. The zero-order chi connectivity index (χ0) is 11.4. The Morgan fingerprint density at radius 3 is 2.87 bits per heavy atom. The maximum atomic E-state index is 13.3. The van der Waals surface area contributed by atoms with Gasteiger partial charge in [0.25, 0.3) is 0 Å². The number of halogens is 2. The highest BCUT2D eigenvalue weighted by atomic mass is 127. The first kappa shape index (κ1) is 11.9. The Hall–Kier alpha value is -1.16. The Morgan fingerprint density at radius 2 is 2.33 bits per heavy atom. The molecule has 0 spiro atoms. The number of esters is 1. The van der Waals surface area contributed by atoms with Crippen molar-refractivity contribution >= 4 is 28.6 Å². The first-order valence-corrected chi connectivity index (χ1v) is 5.24. The van der Waals surface area contributed by atoms with Gasteiger partial charge in [-0.25, -0.2) is 9.18 Å². The van der Waals surface area contributed by atoms with Crippen molar-refractivity contribution < 1.29 is 13.9 Å². The molecule has 1 rings (SSSR count). The summed E-state index contributed by atoms with van der Waals surface area (Å²) in [7, 11) is 0. The van der Waals surface area contributed by atoms with Crippen molar-refractivity contribution in [3.63, 3.8) is 0 Å². The predicted octanol–water partition coefficient (Wildman–Crippen LogP) is 2.48. The Labute approximate surface area is 100.0 Å². The summed E-state index contributed by atoms with van der Waals surface area (Å²) in [6.45, 7) is 1.83. The van der Waals surface area contributed by atoms with Gasteiger partial charge in [-0.05, 0) is 41.6 Å². The average molecular weight is 319 g/mol. The van der Waals surface area contributed by atoms with Gasteiger partial charge in [0.1, 0.15) is 11.9 Å². The zero-order valence-corrected chi connectivity index (χ0v) is 10.0. The lowest BCUT2D eigenvalue weighted by Crippen LogP contribution is -2.08. The van der Waals surface area contributed by atoms with Crippen LogP contribution in [-0.2, 0) is 4.74 Å². The molecule has 0 unspecified atom stereocenters. The fraction of sp³-hybridized carbons (Fsp3) is 0.200. The minimum atomic E-state index is -0.731. The largest absolute Gasteiger partial charge is 0.462 e. The van der Waals surface area contributed by atoms with E-state index in [0.29, 0.717) is 3.57 Å². The SMILES string of the molecule is CCOC(=O)c1cc(I)c(C#N)cc1F. The van der Waals surface area contributed by atoms with E-state index in [2.05, 4.69) is 4.74 Å². The summed E-state index contributed by atoms with van der Waals surface area (Å²) in [6, 6.07) is 4.18. The number of nitriles is 1. The number of nitrogens with zero attached hydrogens (tertiary/aromatic N) is 1. The van der Waals surface area contributed by atoms with Crippen LogP contribution in [0.5, 0.6) is 0 Å². The Morgan fingerprint density at radius 1 is 1.67 bits per heavy atom. The molecule has 0 aliphatic heterocycles. The van der Waals surface area contributed by atoms with Gasteiger partial charge in [0, 0.05) is 3.57 Å². The third-order valence-corrected chi connectivity index (χ3v) is 2.57. The van der Waals surface area contributed by atoms with E-state index in [9.17, 15) is 9.18 Å². The first-order valence-electron chi connectivity index (χ1n) is 4.16. The first-order chi connectivity index (χ1) is 7.10. The third-order valence-electron chi connectivity index (χ3n) is 1.67. The van der Waals surface area contributed by atoms with Gasteiger partial charge in [-0.3, -0.25) is 0 Å². The van der Waals surface area contributed by atoms with E-state index in [-0.39, 0.29) is 17.7 Å². The summed E-state index contributed by atoms with van der Waals surface area (Å²) in [5, 5.41) is 8.64. The zero-order valence-electron chi connectivity index (χ0n) is 7.88. The molecule has 3 nitrogen and oxygen atoms in total. The molecule has 0 N–H and O–H groups in total. The van der Waals surface area contributed by atoms with Crippen LogP contribution in [0.15, 0.2) is 12.1 Å². The number of rotatable bonds is 2. The average Bonchev–Trinajstić information content (AvgIpc) is 2.21. The monoisotopic (exact) mass is 319 g/mol. The Bertz CT molecular complexity index is 440. The molecule has 0 radical (unpaired) electrons. The standard InChI is InChI=1S/C10H7FINO2/c1-2-15-10(14)7-4-9(12)6(5-13)3-8(7)11/h3-4H,2H2,1H3. The maximum absolute atomic E-state index is 13.3. The van der Waals surface area contributed by atoms with Crippen molar-refractivity contribution in [2.45, 2.75) is 6.92 Å². The minimum absolute atomic E-state index is 0.139. The fourth-order valence-electron chi connectivity index (χ4n) is 0.998. The lowest BCUT2D eigenvalue weighted by atomic mass is 10.1. The van der Waals surface area contributed by atoms with Gasteiger partial charge in [-0.2, -0.15) is 5.26 Å². The van der Waals surface area contributed by atoms with Crippen LogP contribution in [0.4, 0.5) is 4.39 Å². The molecule has 0 aromatic heterocycles. The number of carbonyl (C=O) groups excluding carboxylic acids is 1. The summed E-state index contributed by atoms with van der Waals surface area (Å²) in [5.41, 5.74) is 0.0707. The molecule has 0 aliphatic rings. The molecule has 0 aliphatic carbocycles. The molecule has 0 saturated carbocycles. The van der Waals surface area contributed by atoms with Crippen molar-refractivity contribution in [3.05, 3.63) is 32.6 Å². The van der Waals surface area contributed by atoms with Gasteiger partial charge < -0.3 is 4.74 Å². The van der Waals surface area contributed by atoms with Crippen LogP contribution in [0.2, 0.25) is 0 Å². The normalized spacial score (nSPS) is 9.47. The molecule has 1 aromatic carbocycles. The van der Waals surface area contributed by atoms with Crippen molar-refractivity contribution in [2.75, 3.05) is 6.61 Å². The number of hydrogen-bond acceptors (Lipinski definition) is 3. The van der Waals surface area contributed by atoms with E-state index < -0.39 is 11.8 Å². The van der Waals surface area contributed by atoms with Crippen molar-refractivity contribution in [3.8, 4) is 6.07 Å². The topological polar surface area (TPSA) is 50.1 Å². The van der Waals surface area contributed by atoms with Crippen molar-refractivity contribution in [2.24, 2.45) is 0 Å². The number of carbonyl (C=O) groups is 1. The Kier molecular flexibility index (Phi) is 4.03. The number of hydrogen-bond donors (Lipinski definition) is 0. The summed E-state index contributed by atoms with van der Waals surface area (Å²) >= 11 is 1.87. The van der Waals surface area contributed by atoms with Crippen LogP contribution in [0, 0.1) is 20.7 Å². The second-order valence-corrected chi connectivity index (χ2v) is 3.81. The molecule has 0 saturated heterocycles. The van der Waals surface area contributed by atoms with Crippen molar-refractivity contribution in [1.29, 1.82) is 5.26 Å². The highest BCUT2D eigenvalue weighted by Gasteiger charge is 2.15. The van der Waals surface area contributed by atoms with Gasteiger partial charge in [-0.15, -0.1) is 0 Å². The summed E-state index contributed by atoms with van der Waals surface area (Å²) in [5.74, 6) is -1.44. The van der Waals surface area contributed by atoms with E-state index in [1.54, 1.807) is 6.92 Å². The highest BCUT2D eigenvalue weighted by molar-refractivity contribution is 14.1. The van der Waals surface area contributed by atoms with E-state index in [1.807, 2.05) is 28.7 Å². The molecule has 0 fully saturated rings. The predicted molar refractivity (Wildman–Crippen MR) is 59.8 cm³/mol.